The maximum Gasteiger partial charge on any atom is 0.139 e. The van der Waals surface area contributed by atoms with Crippen molar-refractivity contribution in [2.24, 2.45) is 0 Å². The maximum absolute atomic E-state index is 5.00. The van der Waals surface area contributed by atoms with Crippen LogP contribution in [0.1, 0.15) is 31.2 Å². The molecule has 0 aliphatic rings. The zero-order valence-corrected chi connectivity index (χ0v) is 6.29. The fourth-order valence-electron chi connectivity index (χ4n) is 0.672. The summed E-state index contributed by atoms with van der Waals surface area (Å²) in [7, 11) is 0. The monoisotopic (exact) mass is 137 g/mol. The quantitative estimate of drug-likeness (QED) is 0.625. The Bertz CT molecular complexity index is 225. The van der Waals surface area contributed by atoms with Crippen molar-refractivity contribution >= 4 is 6.08 Å². The molecule has 0 aromatic carbocycles. The summed E-state index contributed by atoms with van der Waals surface area (Å²) in [4.78, 5) is 0. The molecular formula is C8H11NO. The fraction of sp³-hybridized carbons (Fsp3) is 0.375. The third-order valence-electron chi connectivity index (χ3n) is 1.32. The smallest absolute Gasteiger partial charge is 0.139 e. The van der Waals surface area contributed by atoms with Crippen molar-refractivity contribution in [1.82, 2.24) is 5.16 Å². The number of aromatic nitrogens is 1. The average Bonchev–Trinajstić information content (AvgIpc) is 2.34. The normalized spacial score (nSPS) is 10.3. The largest absolute Gasteiger partial charge is 0.361 e. The molecule has 0 bridgehead atoms. The standard InChI is InChI=1S/C8H11NO/c1-4-7-5-8(6(2)3)10-9-7/h4-6H,1H2,2-3H3. The highest BCUT2D eigenvalue weighted by molar-refractivity contribution is 5.40. The molecule has 0 unspecified atom stereocenters. The molecule has 0 aliphatic heterocycles. The van der Waals surface area contributed by atoms with Crippen molar-refractivity contribution in [3.63, 3.8) is 0 Å². The van der Waals surface area contributed by atoms with Gasteiger partial charge >= 0.3 is 0 Å². The lowest BCUT2D eigenvalue weighted by Gasteiger charge is -1.92. The van der Waals surface area contributed by atoms with E-state index in [0.29, 0.717) is 5.92 Å². The van der Waals surface area contributed by atoms with Crippen LogP contribution in [-0.2, 0) is 0 Å². The summed E-state index contributed by atoms with van der Waals surface area (Å²) in [6.07, 6.45) is 1.68. The highest BCUT2D eigenvalue weighted by Crippen LogP contribution is 2.14. The lowest BCUT2D eigenvalue weighted by Crippen LogP contribution is -1.80. The first kappa shape index (κ1) is 7.06. The van der Waals surface area contributed by atoms with Crippen LogP contribution in [0.15, 0.2) is 17.2 Å². The molecule has 1 rings (SSSR count). The van der Waals surface area contributed by atoms with E-state index in [2.05, 4.69) is 25.6 Å². The lowest BCUT2D eigenvalue weighted by atomic mass is 10.1. The fourth-order valence-corrected chi connectivity index (χ4v) is 0.672. The molecular weight excluding hydrogens is 126 g/mol. The Hall–Kier alpha value is -1.05. The van der Waals surface area contributed by atoms with Gasteiger partial charge in [0.1, 0.15) is 11.5 Å². The topological polar surface area (TPSA) is 26.0 Å². The van der Waals surface area contributed by atoms with Crippen molar-refractivity contribution in [2.45, 2.75) is 19.8 Å². The summed E-state index contributed by atoms with van der Waals surface area (Å²) in [6, 6.07) is 1.90. The average molecular weight is 137 g/mol. The van der Waals surface area contributed by atoms with Crippen molar-refractivity contribution < 1.29 is 4.52 Å². The Morgan fingerprint density at radius 2 is 2.40 bits per heavy atom. The molecule has 2 heteroatoms. The molecule has 2 nitrogen and oxygen atoms in total. The van der Waals surface area contributed by atoms with Crippen LogP contribution in [0.4, 0.5) is 0 Å². The predicted octanol–water partition coefficient (Wildman–Crippen LogP) is 2.44. The molecule has 0 aliphatic carbocycles. The summed E-state index contributed by atoms with van der Waals surface area (Å²) < 4.78 is 5.00. The van der Waals surface area contributed by atoms with E-state index in [1.54, 1.807) is 6.08 Å². The third-order valence-corrected chi connectivity index (χ3v) is 1.32. The zero-order chi connectivity index (χ0) is 7.56. The van der Waals surface area contributed by atoms with Crippen LogP contribution in [0.5, 0.6) is 0 Å². The minimum atomic E-state index is 0.404. The van der Waals surface area contributed by atoms with Crippen LogP contribution >= 0.6 is 0 Å². The van der Waals surface area contributed by atoms with E-state index in [4.69, 9.17) is 4.52 Å². The second-order valence-corrected chi connectivity index (χ2v) is 2.51. The van der Waals surface area contributed by atoms with E-state index in [-0.39, 0.29) is 0 Å². The molecule has 0 saturated carbocycles. The summed E-state index contributed by atoms with van der Waals surface area (Å²) in [5, 5.41) is 3.76. The van der Waals surface area contributed by atoms with Gasteiger partial charge in [-0.25, -0.2) is 0 Å². The first-order valence-electron chi connectivity index (χ1n) is 3.33. The Kier molecular flexibility index (Phi) is 1.90. The van der Waals surface area contributed by atoms with Crippen molar-refractivity contribution in [2.75, 3.05) is 0 Å². The summed E-state index contributed by atoms with van der Waals surface area (Å²) >= 11 is 0. The van der Waals surface area contributed by atoms with E-state index in [1.807, 2.05) is 6.07 Å². The van der Waals surface area contributed by atoms with Crippen LogP contribution in [0.25, 0.3) is 6.08 Å². The Morgan fingerprint density at radius 3 is 2.70 bits per heavy atom. The summed E-state index contributed by atoms with van der Waals surface area (Å²) in [6.45, 7) is 7.71. The minimum Gasteiger partial charge on any atom is -0.361 e. The second-order valence-electron chi connectivity index (χ2n) is 2.51. The van der Waals surface area contributed by atoms with Gasteiger partial charge in [-0.15, -0.1) is 0 Å². The lowest BCUT2D eigenvalue weighted by molar-refractivity contribution is 0.370. The van der Waals surface area contributed by atoms with Crippen LogP contribution in [0.3, 0.4) is 0 Å². The number of rotatable bonds is 2. The Morgan fingerprint density at radius 1 is 1.70 bits per heavy atom. The number of nitrogens with zero attached hydrogens (tertiary/aromatic N) is 1. The molecule has 0 fully saturated rings. The van der Waals surface area contributed by atoms with Gasteiger partial charge in [0.15, 0.2) is 0 Å². The van der Waals surface area contributed by atoms with Crippen LogP contribution < -0.4 is 0 Å². The van der Waals surface area contributed by atoms with Gasteiger partial charge in [-0.2, -0.15) is 0 Å². The van der Waals surface area contributed by atoms with Gasteiger partial charge in [0.2, 0.25) is 0 Å². The van der Waals surface area contributed by atoms with E-state index < -0.39 is 0 Å². The highest BCUT2D eigenvalue weighted by atomic mass is 16.5. The predicted molar refractivity (Wildman–Crippen MR) is 40.7 cm³/mol. The second kappa shape index (κ2) is 2.69. The summed E-state index contributed by atoms with van der Waals surface area (Å²) in [5.74, 6) is 1.32. The van der Waals surface area contributed by atoms with E-state index in [1.165, 1.54) is 0 Å². The van der Waals surface area contributed by atoms with Crippen LogP contribution in [-0.4, -0.2) is 5.16 Å². The third kappa shape index (κ3) is 1.26. The van der Waals surface area contributed by atoms with Crippen molar-refractivity contribution in [3.05, 3.63) is 24.1 Å². The molecule has 1 heterocycles. The molecule has 0 saturated heterocycles. The molecule has 1 aromatic heterocycles. The first-order valence-corrected chi connectivity index (χ1v) is 3.33. The van der Waals surface area contributed by atoms with E-state index >= 15 is 0 Å². The van der Waals surface area contributed by atoms with Gasteiger partial charge in [-0.1, -0.05) is 25.6 Å². The number of hydrogen-bond acceptors (Lipinski definition) is 2. The van der Waals surface area contributed by atoms with Gasteiger partial charge in [-0.05, 0) is 6.08 Å². The first-order chi connectivity index (χ1) is 4.74. The molecule has 1 aromatic rings. The van der Waals surface area contributed by atoms with Gasteiger partial charge in [0.25, 0.3) is 0 Å². The van der Waals surface area contributed by atoms with Crippen LogP contribution in [0.2, 0.25) is 0 Å². The molecule has 10 heavy (non-hydrogen) atoms. The minimum absolute atomic E-state index is 0.404. The molecule has 0 atom stereocenters. The van der Waals surface area contributed by atoms with Crippen molar-refractivity contribution in [3.8, 4) is 0 Å². The molecule has 0 amide bonds. The maximum atomic E-state index is 5.00. The zero-order valence-electron chi connectivity index (χ0n) is 6.29. The molecule has 0 radical (unpaired) electrons. The van der Waals surface area contributed by atoms with E-state index in [9.17, 15) is 0 Å². The van der Waals surface area contributed by atoms with Crippen molar-refractivity contribution in [1.29, 1.82) is 0 Å². The Balaban J connectivity index is 2.88. The summed E-state index contributed by atoms with van der Waals surface area (Å²) in [5.41, 5.74) is 0.809. The van der Waals surface area contributed by atoms with Gasteiger partial charge in [0.05, 0.1) is 0 Å². The SMILES string of the molecule is C=Cc1cc(C(C)C)on1. The molecule has 0 N–H and O–H groups in total. The molecule has 54 valence electrons. The molecule has 0 spiro atoms. The number of hydrogen-bond donors (Lipinski definition) is 0. The Labute approximate surface area is 60.5 Å². The van der Waals surface area contributed by atoms with Crippen LogP contribution in [0, 0.1) is 0 Å². The van der Waals surface area contributed by atoms with Gasteiger partial charge < -0.3 is 4.52 Å². The highest BCUT2D eigenvalue weighted by Gasteiger charge is 2.04. The van der Waals surface area contributed by atoms with E-state index in [0.717, 1.165) is 11.5 Å². The van der Waals surface area contributed by atoms with Gasteiger partial charge in [-0.3, -0.25) is 0 Å². The van der Waals surface area contributed by atoms with Gasteiger partial charge in [0, 0.05) is 12.0 Å².